The number of aromatic nitrogens is 1. The molecule has 4 N–H and O–H groups in total. The third-order valence-corrected chi connectivity index (χ3v) is 3.13. The first kappa shape index (κ1) is 19.4. The Morgan fingerprint density at radius 2 is 1.88 bits per heavy atom. The van der Waals surface area contributed by atoms with E-state index in [1.807, 2.05) is 19.1 Å². The van der Waals surface area contributed by atoms with Crippen molar-refractivity contribution in [1.82, 2.24) is 21.2 Å². The third kappa shape index (κ3) is 9.39. The lowest BCUT2D eigenvalue weighted by Gasteiger charge is -2.09. The average Bonchev–Trinajstić information content (AvgIpc) is 2.52. The number of hydrogen-bond donors (Lipinski definition) is 4. The molecule has 8 nitrogen and oxygen atoms in total. The van der Waals surface area contributed by atoms with Crippen LogP contribution in [0, 0.1) is 6.92 Å². The minimum atomic E-state index is -0.531. The molecular weight excluding hydrogens is 310 g/mol. The minimum Gasteiger partial charge on any atom is -0.370 e. The van der Waals surface area contributed by atoms with Gasteiger partial charge in [0.1, 0.15) is 11.6 Å². The van der Waals surface area contributed by atoms with Gasteiger partial charge < -0.3 is 10.6 Å². The average molecular weight is 335 g/mol. The van der Waals surface area contributed by atoms with Crippen molar-refractivity contribution < 1.29 is 14.4 Å². The van der Waals surface area contributed by atoms with E-state index in [1.54, 1.807) is 6.20 Å². The van der Waals surface area contributed by atoms with E-state index in [-0.39, 0.29) is 24.7 Å². The number of nitrogens with one attached hydrogen (secondary N) is 4. The zero-order valence-electron chi connectivity index (χ0n) is 14.1. The van der Waals surface area contributed by atoms with Crippen LogP contribution < -0.4 is 21.5 Å². The van der Waals surface area contributed by atoms with Crippen LogP contribution in [0.2, 0.25) is 0 Å². The normalized spacial score (nSPS) is 9.92. The van der Waals surface area contributed by atoms with E-state index in [9.17, 15) is 14.4 Å². The second-order valence-electron chi connectivity index (χ2n) is 5.48. The first-order valence-corrected chi connectivity index (χ1v) is 7.96. The predicted octanol–water partition coefficient (Wildman–Crippen LogP) is 1.28. The van der Waals surface area contributed by atoms with Crippen LogP contribution in [0.5, 0.6) is 0 Å². The zero-order chi connectivity index (χ0) is 17.8. The summed E-state index contributed by atoms with van der Waals surface area (Å²) in [5.74, 6) is 0.558. The Labute approximate surface area is 141 Å². The summed E-state index contributed by atoms with van der Waals surface area (Å²) in [6.45, 7) is 4.42. The van der Waals surface area contributed by atoms with Gasteiger partial charge in [-0.2, -0.15) is 0 Å². The largest absolute Gasteiger partial charge is 0.370 e. The second-order valence-corrected chi connectivity index (χ2v) is 5.48. The van der Waals surface area contributed by atoms with Gasteiger partial charge in [-0.25, -0.2) is 15.2 Å². The smallest absolute Gasteiger partial charge is 0.333 e. The van der Waals surface area contributed by atoms with Gasteiger partial charge in [0.25, 0.3) is 0 Å². The number of aryl methyl sites for hydroxylation is 1. The quantitative estimate of drug-likeness (QED) is 0.401. The number of amides is 3. The number of urea groups is 1. The fraction of sp³-hybridized carbons (Fsp3) is 0.500. The van der Waals surface area contributed by atoms with Crippen LogP contribution in [0.1, 0.15) is 38.2 Å². The van der Waals surface area contributed by atoms with Crippen molar-refractivity contribution in [2.24, 2.45) is 0 Å². The Morgan fingerprint density at radius 3 is 2.58 bits per heavy atom. The Kier molecular flexibility index (Phi) is 8.88. The number of carbonyl (C=O) groups excluding carboxylic acids is 3. The van der Waals surface area contributed by atoms with Gasteiger partial charge in [-0.1, -0.05) is 0 Å². The molecule has 0 saturated heterocycles. The van der Waals surface area contributed by atoms with Crippen molar-refractivity contribution in [3.05, 3.63) is 23.9 Å². The number of carbonyl (C=O) groups is 3. The number of pyridine rings is 1. The predicted molar refractivity (Wildman–Crippen MR) is 91.3 cm³/mol. The molecule has 0 aliphatic rings. The molecule has 0 unspecified atom stereocenters. The topological polar surface area (TPSA) is 112 Å². The Morgan fingerprint density at radius 1 is 1.08 bits per heavy atom. The zero-order valence-corrected chi connectivity index (χ0v) is 14.1. The lowest BCUT2D eigenvalue weighted by molar-refractivity contribution is -0.122. The molecule has 0 atom stereocenters. The molecule has 3 amide bonds. The lowest BCUT2D eigenvalue weighted by Crippen LogP contribution is -2.47. The highest BCUT2D eigenvalue weighted by Crippen LogP contribution is 2.05. The van der Waals surface area contributed by atoms with Crippen molar-refractivity contribution in [1.29, 1.82) is 0 Å². The molecule has 0 bridgehead atoms. The van der Waals surface area contributed by atoms with Crippen LogP contribution in [0.3, 0.4) is 0 Å². The number of hydrogen-bond acceptors (Lipinski definition) is 5. The lowest BCUT2D eigenvalue weighted by atomic mass is 10.2. The number of ketones is 1. The fourth-order valence-electron chi connectivity index (χ4n) is 1.85. The maximum absolute atomic E-state index is 11.6. The number of unbranched alkanes of at least 4 members (excludes halogenated alkanes) is 1. The van der Waals surface area contributed by atoms with E-state index in [1.165, 1.54) is 6.92 Å². The summed E-state index contributed by atoms with van der Waals surface area (Å²) < 4.78 is 0. The number of rotatable bonds is 9. The van der Waals surface area contributed by atoms with Gasteiger partial charge in [0, 0.05) is 32.1 Å². The van der Waals surface area contributed by atoms with E-state index >= 15 is 0 Å². The van der Waals surface area contributed by atoms with Crippen LogP contribution in [-0.2, 0) is 9.59 Å². The summed E-state index contributed by atoms with van der Waals surface area (Å²) in [7, 11) is 0. The highest BCUT2D eigenvalue weighted by atomic mass is 16.2. The highest BCUT2D eigenvalue weighted by molar-refractivity contribution is 5.81. The van der Waals surface area contributed by atoms with Gasteiger partial charge in [-0.15, -0.1) is 0 Å². The van der Waals surface area contributed by atoms with Gasteiger partial charge in [0.15, 0.2) is 0 Å². The molecule has 1 rings (SSSR count). The van der Waals surface area contributed by atoms with Crippen LogP contribution >= 0.6 is 0 Å². The molecule has 0 fully saturated rings. The molecule has 0 spiro atoms. The molecule has 0 aliphatic carbocycles. The van der Waals surface area contributed by atoms with E-state index in [2.05, 4.69) is 26.5 Å². The summed E-state index contributed by atoms with van der Waals surface area (Å²) in [6.07, 6.45) is 3.84. The minimum absolute atomic E-state index is 0.00573. The first-order valence-electron chi connectivity index (χ1n) is 7.96. The molecule has 1 heterocycles. The van der Waals surface area contributed by atoms with E-state index < -0.39 is 6.03 Å². The highest BCUT2D eigenvalue weighted by Gasteiger charge is 2.04. The van der Waals surface area contributed by atoms with Crippen LogP contribution in [0.4, 0.5) is 10.6 Å². The number of Topliss-reactive ketones (excluding diaryl/α,β-unsaturated/α-hetero) is 1. The molecule has 132 valence electrons. The second kappa shape index (κ2) is 11.0. The molecule has 0 aromatic carbocycles. The molecule has 0 saturated carbocycles. The van der Waals surface area contributed by atoms with E-state index in [4.69, 9.17) is 0 Å². The summed E-state index contributed by atoms with van der Waals surface area (Å²) in [5, 5.41) is 5.66. The number of nitrogens with zero attached hydrogens (tertiary/aromatic N) is 1. The Balaban J connectivity index is 2.03. The van der Waals surface area contributed by atoms with E-state index in [0.717, 1.165) is 24.3 Å². The maximum Gasteiger partial charge on any atom is 0.333 e. The van der Waals surface area contributed by atoms with Crippen molar-refractivity contribution in [2.45, 2.75) is 39.5 Å². The summed E-state index contributed by atoms with van der Waals surface area (Å²) in [5.41, 5.74) is 5.70. The molecule has 24 heavy (non-hydrogen) atoms. The van der Waals surface area contributed by atoms with Crippen LogP contribution in [0.25, 0.3) is 0 Å². The van der Waals surface area contributed by atoms with Gasteiger partial charge >= 0.3 is 6.03 Å². The molecule has 1 aromatic heterocycles. The summed E-state index contributed by atoms with van der Waals surface area (Å²) >= 11 is 0. The molecular formula is C16H25N5O3. The maximum atomic E-state index is 11.6. The fourth-order valence-corrected chi connectivity index (χ4v) is 1.85. The van der Waals surface area contributed by atoms with E-state index in [0.29, 0.717) is 12.8 Å². The number of anilines is 1. The Bertz CT molecular complexity index is 562. The SMILES string of the molecule is CC(=O)CCNC(=O)NNC(=O)CCCCNc1cc(C)ccn1. The van der Waals surface area contributed by atoms with Crippen molar-refractivity contribution in [3.63, 3.8) is 0 Å². The molecule has 0 aliphatic heterocycles. The van der Waals surface area contributed by atoms with Gasteiger partial charge in [0.2, 0.25) is 5.91 Å². The number of hydrazine groups is 1. The van der Waals surface area contributed by atoms with Crippen molar-refractivity contribution in [2.75, 3.05) is 18.4 Å². The third-order valence-electron chi connectivity index (χ3n) is 3.13. The molecule has 1 aromatic rings. The standard InChI is InChI=1S/C16H25N5O3/c1-12-6-9-18-14(11-12)17-8-4-3-5-15(23)20-21-16(24)19-10-7-13(2)22/h6,9,11H,3-5,7-8,10H2,1-2H3,(H,17,18)(H,20,23)(H2,19,21,24). The summed E-state index contributed by atoms with van der Waals surface area (Å²) in [4.78, 5) is 37.8. The van der Waals surface area contributed by atoms with Crippen molar-refractivity contribution in [3.8, 4) is 0 Å². The van der Waals surface area contributed by atoms with Crippen molar-refractivity contribution >= 4 is 23.5 Å². The molecule has 0 radical (unpaired) electrons. The Hall–Kier alpha value is -2.64. The summed E-state index contributed by atoms with van der Waals surface area (Å²) in [6, 6.07) is 3.36. The van der Waals surface area contributed by atoms with Gasteiger partial charge in [-0.05, 0) is 44.4 Å². The van der Waals surface area contributed by atoms with Crippen LogP contribution in [0.15, 0.2) is 18.3 Å². The monoisotopic (exact) mass is 335 g/mol. The molecule has 8 heteroatoms. The van der Waals surface area contributed by atoms with Crippen LogP contribution in [-0.4, -0.2) is 35.8 Å². The van der Waals surface area contributed by atoms with Gasteiger partial charge in [0.05, 0.1) is 0 Å². The van der Waals surface area contributed by atoms with Gasteiger partial charge in [-0.3, -0.25) is 15.0 Å². The first-order chi connectivity index (χ1) is 11.5.